The molecule has 0 saturated carbocycles. The molecule has 0 aliphatic heterocycles. The second-order valence-electron chi connectivity index (χ2n) is 2.14. The number of hydrogen-bond acceptors (Lipinski definition) is 5. The van der Waals surface area contributed by atoms with Gasteiger partial charge in [-0.1, -0.05) is 0 Å². The maximum absolute atomic E-state index is 10.6. The molecule has 68 valence electrons. The molecule has 12 heavy (non-hydrogen) atoms. The molecular formula is C6H10N2O4. The van der Waals surface area contributed by atoms with Crippen molar-refractivity contribution in [3.63, 3.8) is 0 Å². The van der Waals surface area contributed by atoms with Crippen molar-refractivity contribution in [2.24, 2.45) is 11.5 Å². The molecule has 0 fully saturated rings. The minimum Gasteiger partial charge on any atom is -0.394 e. The van der Waals surface area contributed by atoms with Crippen molar-refractivity contribution >= 4 is 18.3 Å². The maximum atomic E-state index is 10.6. The summed E-state index contributed by atoms with van der Waals surface area (Å²) in [6.07, 6.45) is 0.0805. The lowest BCUT2D eigenvalue weighted by Crippen LogP contribution is -2.33. The summed E-state index contributed by atoms with van der Waals surface area (Å²) < 4.78 is 3.94. The summed E-state index contributed by atoms with van der Waals surface area (Å²) in [4.78, 5) is 30.5. The van der Waals surface area contributed by atoms with Crippen LogP contribution in [-0.4, -0.2) is 24.4 Å². The van der Waals surface area contributed by atoms with Gasteiger partial charge in [0.2, 0.25) is 5.91 Å². The first-order valence-electron chi connectivity index (χ1n) is 3.26. The zero-order chi connectivity index (χ0) is 9.56. The third-order valence-corrected chi connectivity index (χ3v) is 1.17. The molecule has 1 amide bonds. The Morgan fingerprint density at radius 1 is 1.50 bits per heavy atom. The van der Waals surface area contributed by atoms with E-state index >= 15 is 0 Å². The van der Waals surface area contributed by atoms with Crippen LogP contribution in [0, 0.1) is 0 Å². The Balaban J connectivity index is 3.70. The van der Waals surface area contributed by atoms with Crippen LogP contribution in [0.1, 0.15) is 12.8 Å². The molecule has 1 atom stereocenters. The fraction of sp³-hybridized carbons (Fsp3) is 0.500. The van der Waals surface area contributed by atoms with Gasteiger partial charge in [-0.3, -0.25) is 9.59 Å². The van der Waals surface area contributed by atoms with Gasteiger partial charge in [-0.2, -0.15) is 0 Å². The highest BCUT2D eigenvalue weighted by Gasteiger charge is 2.15. The van der Waals surface area contributed by atoms with E-state index in [0.717, 1.165) is 0 Å². The number of carbonyl (C=O) groups excluding carboxylic acids is 3. The van der Waals surface area contributed by atoms with Gasteiger partial charge >= 0.3 is 12.4 Å². The van der Waals surface area contributed by atoms with E-state index in [1.807, 2.05) is 0 Å². The van der Waals surface area contributed by atoms with E-state index in [2.05, 4.69) is 4.74 Å². The standard InChI is InChI=1S/C6H10N2O4/c7-4(1-2-5(8)10)6(11)12-3-9/h3-4H,1-2,7H2,(H2,8,10)/t4-/m0/s1. The van der Waals surface area contributed by atoms with Crippen LogP contribution in [0.5, 0.6) is 0 Å². The third kappa shape index (κ3) is 4.40. The summed E-state index contributed by atoms with van der Waals surface area (Å²) in [6, 6.07) is -0.970. The van der Waals surface area contributed by atoms with Crippen molar-refractivity contribution in [3.8, 4) is 0 Å². The number of hydrogen-bond donors (Lipinski definition) is 2. The SMILES string of the molecule is NC(=O)CC[C@H](N)C(=O)OC=O. The fourth-order valence-corrected chi connectivity index (χ4v) is 0.550. The van der Waals surface area contributed by atoms with Crippen molar-refractivity contribution in [3.05, 3.63) is 0 Å². The fourth-order valence-electron chi connectivity index (χ4n) is 0.550. The van der Waals surface area contributed by atoms with Gasteiger partial charge in [-0.05, 0) is 6.42 Å². The average Bonchev–Trinajstić information content (AvgIpc) is 2.00. The van der Waals surface area contributed by atoms with Crippen LogP contribution in [0.25, 0.3) is 0 Å². The van der Waals surface area contributed by atoms with E-state index in [-0.39, 0.29) is 19.3 Å². The maximum Gasteiger partial charge on any atom is 0.330 e. The van der Waals surface area contributed by atoms with Gasteiger partial charge in [-0.25, -0.2) is 4.79 Å². The number of primary amides is 1. The molecule has 6 heteroatoms. The summed E-state index contributed by atoms with van der Waals surface area (Å²) in [5.74, 6) is -1.41. The first-order chi connectivity index (χ1) is 5.57. The number of ether oxygens (including phenoxy) is 1. The average molecular weight is 174 g/mol. The molecule has 0 unspecified atom stereocenters. The summed E-state index contributed by atoms with van der Waals surface area (Å²) in [5, 5.41) is 0. The molecule has 0 aromatic heterocycles. The zero-order valence-corrected chi connectivity index (χ0v) is 6.36. The van der Waals surface area contributed by atoms with E-state index in [1.165, 1.54) is 0 Å². The molecule has 0 aromatic rings. The van der Waals surface area contributed by atoms with Crippen LogP contribution in [0.4, 0.5) is 0 Å². The van der Waals surface area contributed by atoms with Crippen LogP contribution in [0.3, 0.4) is 0 Å². The van der Waals surface area contributed by atoms with Gasteiger partial charge < -0.3 is 16.2 Å². The monoisotopic (exact) mass is 174 g/mol. The normalized spacial score (nSPS) is 11.8. The van der Waals surface area contributed by atoms with E-state index < -0.39 is 17.9 Å². The van der Waals surface area contributed by atoms with Crippen molar-refractivity contribution in [1.82, 2.24) is 0 Å². The number of nitrogens with two attached hydrogens (primary N) is 2. The molecule has 0 aromatic carbocycles. The van der Waals surface area contributed by atoms with Gasteiger partial charge in [-0.15, -0.1) is 0 Å². The first kappa shape index (κ1) is 10.6. The molecular weight excluding hydrogens is 164 g/mol. The van der Waals surface area contributed by atoms with Gasteiger partial charge in [0, 0.05) is 6.42 Å². The van der Waals surface area contributed by atoms with Crippen molar-refractivity contribution in [2.75, 3.05) is 0 Å². The first-order valence-corrected chi connectivity index (χ1v) is 3.26. The predicted octanol–water partition coefficient (Wildman–Crippen LogP) is -1.72. The highest BCUT2D eigenvalue weighted by atomic mass is 16.6. The van der Waals surface area contributed by atoms with Gasteiger partial charge in [0.15, 0.2) is 0 Å². The van der Waals surface area contributed by atoms with Crippen molar-refractivity contribution in [2.45, 2.75) is 18.9 Å². The molecule has 0 spiro atoms. The number of amides is 1. The number of carbonyl (C=O) groups is 3. The van der Waals surface area contributed by atoms with E-state index in [0.29, 0.717) is 0 Å². The molecule has 0 aliphatic rings. The number of esters is 1. The quantitative estimate of drug-likeness (QED) is 0.292. The van der Waals surface area contributed by atoms with Crippen LogP contribution in [0.15, 0.2) is 0 Å². The predicted molar refractivity (Wildman–Crippen MR) is 38.6 cm³/mol. The zero-order valence-electron chi connectivity index (χ0n) is 6.36. The Labute approximate surface area is 68.8 Å². The molecule has 0 aliphatic carbocycles. The van der Waals surface area contributed by atoms with Crippen LogP contribution < -0.4 is 11.5 Å². The lowest BCUT2D eigenvalue weighted by Gasteiger charge is -2.05. The van der Waals surface area contributed by atoms with E-state index in [4.69, 9.17) is 11.5 Å². The summed E-state index contributed by atoms with van der Waals surface area (Å²) in [5.41, 5.74) is 10.0. The molecule has 0 saturated heterocycles. The topological polar surface area (TPSA) is 112 Å². The molecule has 0 bridgehead atoms. The van der Waals surface area contributed by atoms with Crippen LogP contribution in [0.2, 0.25) is 0 Å². The molecule has 0 heterocycles. The molecule has 0 radical (unpaired) electrons. The molecule has 4 N–H and O–H groups in total. The highest BCUT2D eigenvalue weighted by molar-refractivity contribution is 5.82. The van der Waals surface area contributed by atoms with E-state index in [1.54, 1.807) is 0 Å². The Kier molecular flexibility index (Phi) is 4.62. The minimum absolute atomic E-state index is 0.00484. The Morgan fingerprint density at radius 2 is 2.08 bits per heavy atom. The van der Waals surface area contributed by atoms with E-state index in [9.17, 15) is 14.4 Å². The second kappa shape index (κ2) is 5.25. The Morgan fingerprint density at radius 3 is 2.50 bits per heavy atom. The second-order valence-corrected chi connectivity index (χ2v) is 2.14. The van der Waals surface area contributed by atoms with Crippen LogP contribution in [-0.2, 0) is 19.1 Å². The lowest BCUT2D eigenvalue weighted by molar-refractivity contribution is -0.152. The smallest absolute Gasteiger partial charge is 0.330 e. The van der Waals surface area contributed by atoms with Gasteiger partial charge in [0.05, 0.1) is 0 Å². The lowest BCUT2D eigenvalue weighted by atomic mass is 10.2. The van der Waals surface area contributed by atoms with Gasteiger partial charge in [0.1, 0.15) is 6.04 Å². The number of rotatable bonds is 5. The summed E-state index contributed by atoms with van der Waals surface area (Å²) >= 11 is 0. The highest BCUT2D eigenvalue weighted by Crippen LogP contribution is 1.95. The summed E-state index contributed by atoms with van der Waals surface area (Å²) in [6.45, 7) is -0.00748. The summed E-state index contributed by atoms with van der Waals surface area (Å²) in [7, 11) is 0. The van der Waals surface area contributed by atoms with Crippen molar-refractivity contribution in [1.29, 1.82) is 0 Å². The molecule has 6 nitrogen and oxygen atoms in total. The van der Waals surface area contributed by atoms with Crippen molar-refractivity contribution < 1.29 is 19.1 Å². The third-order valence-electron chi connectivity index (χ3n) is 1.17. The Hall–Kier alpha value is -1.43. The largest absolute Gasteiger partial charge is 0.394 e. The Bertz CT molecular complexity index is 192. The molecule has 0 rings (SSSR count). The van der Waals surface area contributed by atoms with Gasteiger partial charge in [0.25, 0.3) is 0 Å². The minimum atomic E-state index is -0.970. The van der Waals surface area contributed by atoms with Crippen LogP contribution >= 0.6 is 0 Å².